The van der Waals surface area contributed by atoms with Gasteiger partial charge in [0.1, 0.15) is 17.2 Å². The summed E-state index contributed by atoms with van der Waals surface area (Å²) in [5, 5.41) is -0.386. The van der Waals surface area contributed by atoms with Gasteiger partial charge in [0.15, 0.2) is 5.82 Å². The third kappa shape index (κ3) is 4.05. The van der Waals surface area contributed by atoms with E-state index in [1.165, 1.54) is 30.5 Å². The Morgan fingerprint density at radius 2 is 2.12 bits per heavy atom. The minimum atomic E-state index is -2.96. The second kappa shape index (κ2) is 8.55. The van der Waals surface area contributed by atoms with Gasteiger partial charge in [0.05, 0.1) is 30.0 Å². The van der Waals surface area contributed by atoms with Gasteiger partial charge in [-0.1, -0.05) is 6.07 Å². The Hall–Kier alpha value is -4.13. The molecule has 0 saturated carbocycles. The summed E-state index contributed by atoms with van der Waals surface area (Å²) in [6.07, 6.45) is 1.52. The molecule has 0 spiro atoms. The van der Waals surface area contributed by atoms with E-state index in [1.54, 1.807) is 24.1 Å². The monoisotopic (exact) mass is 441 g/mol. The number of hydrogen-bond donors (Lipinski definition) is 0. The van der Waals surface area contributed by atoms with E-state index in [9.17, 15) is 18.0 Å². The van der Waals surface area contributed by atoms with Crippen molar-refractivity contribution in [1.82, 2.24) is 24.1 Å². The van der Waals surface area contributed by atoms with Crippen molar-refractivity contribution in [3.8, 4) is 11.8 Å². The third-order valence-corrected chi connectivity index (χ3v) is 4.62. The minimum absolute atomic E-state index is 0.109. The number of fused-ring (bicyclic) bond motifs is 1. The topological polar surface area (TPSA) is 68.8 Å². The molecule has 0 aliphatic heterocycles. The van der Waals surface area contributed by atoms with Crippen molar-refractivity contribution in [3.63, 3.8) is 0 Å². The van der Waals surface area contributed by atoms with Crippen molar-refractivity contribution in [2.75, 3.05) is 11.4 Å². The van der Waals surface area contributed by atoms with Crippen LogP contribution in [0.1, 0.15) is 15.5 Å². The largest absolute Gasteiger partial charge is 0.349 e. The molecule has 0 bridgehead atoms. The van der Waals surface area contributed by atoms with Gasteiger partial charge in [-0.15, -0.1) is 0 Å². The molecule has 0 radical (unpaired) electrons. The van der Waals surface area contributed by atoms with Crippen molar-refractivity contribution in [3.05, 3.63) is 76.7 Å². The number of rotatable bonds is 4. The van der Waals surface area contributed by atoms with Gasteiger partial charge in [-0.3, -0.25) is 4.57 Å². The van der Waals surface area contributed by atoms with E-state index in [0.717, 1.165) is 11.0 Å². The van der Waals surface area contributed by atoms with Gasteiger partial charge in [-0.2, -0.15) is 4.98 Å². The van der Waals surface area contributed by atoms with E-state index in [0.29, 0.717) is 10.3 Å². The number of pyridine rings is 1. The van der Waals surface area contributed by atoms with Crippen LogP contribution in [-0.4, -0.2) is 37.1 Å². The Labute approximate surface area is 185 Å². The van der Waals surface area contributed by atoms with Crippen LogP contribution in [0.15, 0.2) is 53.8 Å². The van der Waals surface area contributed by atoms with Crippen LogP contribution in [0, 0.1) is 17.7 Å². The Kier molecular flexibility index (Phi) is 4.68. The molecule has 4 rings (SSSR count). The van der Waals surface area contributed by atoms with Gasteiger partial charge in [0, 0.05) is 30.0 Å². The first-order valence-electron chi connectivity index (χ1n) is 10.8. The summed E-state index contributed by atoms with van der Waals surface area (Å²) in [6.45, 7) is -3.92. The smallest absolute Gasteiger partial charge is 0.327 e. The van der Waals surface area contributed by atoms with Crippen molar-refractivity contribution >= 4 is 22.4 Å². The average molecular weight is 441 g/mol. The quantitative estimate of drug-likeness (QED) is 0.456. The van der Waals surface area contributed by atoms with Crippen LogP contribution in [0.25, 0.3) is 10.9 Å². The molecule has 0 atom stereocenters. The molecule has 0 aliphatic carbocycles. The van der Waals surface area contributed by atoms with E-state index >= 15 is 0 Å². The normalized spacial score (nSPS) is 12.7. The van der Waals surface area contributed by atoms with Crippen LogP contribution in [0.3, 0.4) is 0 Å². The number of benzene rings is 1. The number of aryl methyl sites for hydroxylation is 2. The number of anilines is 2. The molecule has 4 aromatic rings. The molecule has 10 heteroatoms. The first kappa shape index (κ1) is 17.5. The molecule has 0 saturated heterocycles. The number of hydrogen-bond acceptors (Lipinski definition) is 5. The van der Waals surface area contributed by atoms with Crippen LogP contribution < -0.4 is 10.6 Å². The van der Waals surface area contributed by atoms with Crippen LogP contribution >= 0.6 is 0 Å². The van der Waals surface area contributed by atoms with Gasteiger partial charge in [0.25, 0.3) is 6.43 Å². The summed E-state index contributed by atoms with van der Waals surface area (Å²) in [5.41, 5.74) is -0.627. The van der Waals surface area contributed by atoms with E-state index in [-0.39, 0.29) is 22.3 Å². The molecular weight excluding hydrogens is 421 g/mol. The Morgan fingerprint density at radius 3 is 2.84 bits per heavy atom. The van der Waals surface area contributed by atoms with Crippen LogP contribution in [-0.2, 0) is 14.0 Å². The van der Waals surface area contributed by atoms with Gasteiger partial charge in [-0.05, 0) is 36.1 Å². The zero-order chi connectivity index (χ0) is 25.3. The van der Waals surface area contributed by atoms with E-state index in [2.05, 4.69) is 26.8 Å². The van der Waals surface area contributed by atoms with Crippen molar-refractivity contribution in [2.45, 2.75) is 6.43 Å². The highest BCUT2D eigenvalue weighted by molar-refractivity contribution is 5.92. The fourth-order valence-corrected chi connectivity index (χ4v) is 3.13. The molecule has 0 aliphatic rings. The highest BCUT2D eigenvalue weighted by Gasteiger charge is 2.22. The molecule has 3 heterocycles. The SMILES string of the molecule is [2H]C([2H])([2H])n1c(=O)nc(N(CC(F)F)c2ccnc(C#Cc3cncn3C)c2)c2c(F)cccc21. The molecule has 7 nitrogen and oxygen atoms in total. The summed E-state index contributed by atoms with van der Waals surface area (Å²) in [6, 6.07) is 6.23. The number of imidazole rings is 1. The van der Waals surface area contributed by atoms with Crippen LogP contribution in [0.2, 0.25) is 0 Å². The van der Waals surface area contributed by atoms with Crippen LogP contribution in [0.5, 0.6) is 0 Å². The summed E-state index contributed by atoms with van der Waals surface area (Å²) in [4.78, 5) is 25.4. The maximum absolute atomic E-state index is 15.0. The second-order valence-electron chi connectivity index (χ2n) is 6.73. The van der Waals surface area contributed by atoms with Crippen LogP contribution in [0.4, 0.5) is 24.7 Å². The fourth-order valence-electron chi connectivity index (χ4n) is 3.13. The highest BCUT2D eigenvalue weighted by atomic mass is 19.3. The first-order valence-corrected chi connectivity index (χ1v) is 9.28. The lowest BCUT2D eigenvalue weighted by molar-refractivity contribution is 0.157. The van der Waals surface area contributed by atoms with E-state index in [1.807, 2.05) is 0 Å². The molecule has 162 valence electrons. The number of alkyl halides is 2. The Morgan fingerprint density at radius 1 is 1.28 bits per heavy atom. The third-order valence-electron chi connectivity index (χ3n) is 4.62. The van der Waals surface area contributed by atoms with Crippen molar-refractivity contribution in [1.29, 1.82) is 0 Å². The predicted octanol–water partition coefficient (Wildman–Crippen LogP) is 3.00. The number of nitrogens with zero attached hydrogens (tertiary/aromatic N) is 6. The summed E-state index contributed by atoms with van der Waals surface area (Å²) in [7, 11) is 1.75. The minimum Gasteiger partial charge on any atom is -0.327 e. The van der Waals surface area contributed by atoms with E-state index < -0.39 is 37.3 Å². The summed E-state index contributed by atoms with van der Waals surface area (Å²) < 4.78 is 67.1. The standard InChI is InChI=1S/C22H17F3N6O/c1-29-13-26-11-16(29)7-6-14-10-15(8-9-27-14)31(12-19(24)25)21-20-17(23)4-3-5-18(20)30(2)22(32)28-21/h3-5,8-11,13,19H,12H2,1-2H3/i2D3. The lowest BCUT2D eigenvalue weighted by Crippen LogP contribution is -2.30. The zero-order valence-corrected chi connectivity index (χ0v) is 16.6. The van der Waals surface area contributed by atoms with Gasteiger partial charge < -0.3 is 9.47 Å². The maximum atomic E-state index is 15.0. The van der Waals surface area contributed by atoms with Gasteiger partial charge >= 0.3 is 5.69 Å². The second-order valence-corrected chi connectivity index (χ2v) is 6.73. The Balaban J connectivity index is 1.92. The zero-order valence-electron chi connectivity index (χ0n) is 19.6. The molecule has 3 aromatic heterocycles. The van der Waals surface area contributed by atoms with Gasteiger partial charge in [-0.25, -0.2) is 27.9 Å². The lowest BCUT2D eigenvalue weighted by atomic mass is 10.2. The van der Waals surface area contributed by atoms with Crippen molar-refractivity contribution < 1.29 is 17.3 Å². The van der Waals surface area contributed by atoms with Gasteiger partial charge in [0.2, 0.25) is 0 Å². The average Bonchev–Trinajstić information content (AvgIpc) is 3.19. The lowest BCUT2D eigenvalue weighted by Gasteiger charge is -2.25. The maximum Gasteiger partial charge on any atom is 0.349 e. The van der Waals surface area contributed by atoms with Crippen molar-refractivity contribution in [2.24, 2.45) is 14.0 Å². The fraction of sp³-hybridized carbons (Fsp3) is 0.182. The molecule has 0 unspecified atom stereocenters. The Bertz CT molecular complexity index is 1520. The molecule has 0 fully saturated rings. The molecular formula is C22H17F3N6O. The highest BCUT2D eigenvalue weighted by Crippen LogP contribution is 2.31. The molecule has 32 heavy (non-hydrogen) atoms. The number of halogens is 3. The molecule has 1 aromatic carbocycles. The van der Waals surface area contributed by atoms with E-state index in [4.69, 9.17) is 4.11 Å². The number of aromatic nitrogens is 5. The summed E-state index contributed by atoms with van der Waals surface area (Å²) >= 11 is 0. The predicted molar refractivity (Wildman–Crippen MR) is 113 cm³/mol. The molecule has 0 amide bonds. The summed E-state index contributed by atoms with van der Waals surface area (Å²) in [5.74, 6) is 4.30. The first-order chi connectivity index (χ1) is 16.6. The molecule has 0 N–H and O–H groups in total.